The van der Waals surface area contributed by atoms with Crippen LogP contribution >= 0.6 is 0 Å². The number of aryl methyl sites for hydroxylation is 1. The largest absolute Gasteiger partial charge is 0.488 e. The number of alkyl halides is 2. The second kappa shape index (κ2) is 11.0. The third-order valence-corrected chi connectivity index (χ3v) is 7.11. The lowest BCUT2D eigenvalue weighted by Gasteiger charge is -2.35. The van der Waals surface area contributed by atoms with Gasteiger partial charge in [0.15, 0.2) is 0 Å². The van der Waals surface area contributed by atoms with Crippen molar-refractivity contribution in [3.63, 3.8) is 0 Å². The Hall–Kier alpha value is -3.31. The third-order valence-electron chi connectivity index (χ3n) is 7.11. The zero-order valence-electron chi connectivity index (χ0n) is 21.3. The van der Waals surface area contributed by atoms with Crippen molar-refractivity contribution in [1.29, 1.82) is 0 Å². The molecule has 0 radical (unpaired) electrons. The number of carbonyl (C=O) groups is 2. The maximum absolute atomic E-state index is 12.4. The number of amides is 1. The molecular formula is C25H33F2N5O5. The van der Waals surface area contributed by atoms with Crippen LogP contribution in [-0.2, 0) is 23.2 Å². The van der Waals surface area contributed by atoms with E-state index in [2.05, 4.69) is 10.3 Å². The van der Waals surface area contributed by atoms with Crippen LogP contribution in [0.1, 0.15) is 69.2 Å². The molecule has 202 valence electrons. The summed E-state index contributed by atoms with van der Waals surface area (Å²) in [7, 11) is 3.07. The molecule has 2 aromatic heterocycles. The summed E-state index contributed by atoms with van der Waals surface area (Å²) in [5.41, 5.74) is 1.53. The van der Waals surface area contributed by atoms with Gasteiger partial charge in [-0.15, -0.1) is 5.10 Å². The second-order valence-corrected chi connectivity index (χ2v) is 10.2. The monoisotopic (exact) mass is 521 g/mol. The zero-order chi connectivity index (χ0) is 26.7. The predicted octanol–water partition coefficient (Wildman–Crippen LogP) is 4.39. The predicted molar refractivity (Wildman–Crippen MR) is 128 cm³/mol. The van der Waals surface area contributed by atoms with E-state index in [-0.39, 0.29) is 25.2 Å². The average molecular weight is 522 g/mol. The number of pyridine rings is 1. The Morgan fingerprint density at radius 2 is 2.05 bits per heavy atom. The Bertz CT molecular complexity index is 1140. The summed E-state index contributed by atoms with van der Waals surface area (Å²) in [6.45, 7) is 1.51. The van der Waals surface area contributed by atoms with E-state index in [0.717, 1.165) is 36.3 Å². The van der Waals surface area contributed by atoms with Crippen molar-refractivity contribution in [2.45, 2.75) is 76.9 Å². The molecule has 2 heterocycles. The molecule has 1 N–H and O–H groups in total. The van der Waals surface area contributed by atoms with Crippen LogP contribution in [0.3, 0.4) is 0 Å². The standard InChI is InChI=1S/C25H33F2N5O5/c1-25(23(33)34)11-4-5-16(13-25)37-19-9-8-17(28-21(19)15-6-7-15)22-18(32(3)30-29-22)14-36-24(35)31(2)12-10-20(26)27/h8-9,15-16,20H,4-7,10-14H2,1-3H3,(H,33,34)/t16-,25-/m0/s1. The van der Waals surface area contributed by atoms with E-state index in [4.69, 9.17) is 14.5 Å². The van der Waals surface area contributed by atoms with Gasteiger partial charge in [0.05, 0.1) is 22.9 Å². The molecule has 2 aromatic rings. The lowest BCUT2D eigenvalue weighted by atomic mass is 9.74. The minimum absolute atomic E-state index is 0.118. The van der Waals surface area contributed by atoms with Gasteiger partial charge in [0.2, 0.25) is 6.43 Å². The summed E-state index contributed by atoms with van der Waals surface area (Å²) >= 11 is 0. The quantitative estimate of drug-likeness (QED) is 0.489. The molecule has 2 fully saturated rings. The first-order valence-electron chi connectivity index (χ1n) is 12.5. The molecule has 0 aromatic carbocycles. The third kappa shape index (κ3) is 6.34. The molecule has 2 aliphatic rings. The number of aliphatic carboxylic acids is 1. The average Bonchev–Trinajstić information content (AvgIpc) is 3.63. The topological polar surface area (TPSA) is 120 Å². The summed E-state index contributed by atoms with van der Waals surface area (Å²) in [6, 6.07) is 3.61. The van der Waals surface area contributed by atoms with Gasteiger partial charge in [0.1, 0.15) is 23.7 Å². The number of carboxylic acid groups (broad SMARTS) is 1. The Labute approximate surface area is 213 Å². The highest BCUT2D eigenvalue weighted by molar-refractivity contribution is 5.74. The van der Waals surface area contributed by atoms with Gasteiger partial charge in [-0.05, 0) is 51.2 Å². The van der Waals surface area contributed by atoms with Crippen LogP contribution in [0.15, 0.2) is 12.1 Å². The number of carboxylic acids is 1. The van der Waals surface area contributed by atoms with E-state index in [9.17, 15) is 23.5 Å². The van der Waals surface area contributed by atoms with Gasteiger partial charge in [0, 0.05) is 39.4 Å². The first-order chi connectivity index (χ1) is 17.6. The molecule has 2 aliphatic carbocycles. The first kappa shape index (κ1) is 26.7. The van der Waals surface area contributed by atoms with E-state index in [1.165, 1.54) is 11.7 Å². The molecule has 12 heteroatoms. The number of carbonyl (C=O) groups excluding carboxylic acids is 1. The normalized spacial score (nSPS) is 21.6. The highest BCUT2D eigenvalue weighted by atomic mass is 19.3. The van der Waals surface area contributed by atoms with E-state index in [1.807, 2.05) is 6.07 Å². The highest BCUT2D eigenvalue weighted by Crippen LogP contribution is 2.45. The summed E-state index contributed by atoms with van der Waals surface area (Å²) in [4.78, 5) is 29.9. The van der Waals surface area contributed by atoms with Crippen LogP contribution in [0, 0.1) is 5.41 Å². The van der Waals surface area contributed by atoms with Crippen molar-refractivity contribution < 1.29 is 33.0 Å². The fraction of sp³-hybridized carbons (Fsp3) is 0.640. The minimum atomic E-state index is -2.50. The molecule has 4 rings (SSSR count). The fourth-order valence-corrected chi connectivity index (χ4v) is 4.60. The van der Waals surface area contributed by atoms with Crippen LogP contribution < -0.4 is 4.74 Å². The van der Waals surface area contributed by atoms with Crippen molar-refractivity contribution in [1.82, 2.24) is 24.9 Å². The molecule has 0 spiro atoms. The van der Waals surface area contributed by atoms with Crippen molar-refractivity contribution in [2.75, 3.05) is 13.6 Å². The van der Waals surface area contributed by atoms with E-state index in [1.54, 1.807) is 20.0 Å². The molecule has 1 amide bonds. The number of hydrogen-bond donors (Lipinski definition) is 1. The number of nitrogens with zero attached hydrogens (tertiary/aromatic N) is 5. The van der Waals surface area contributed by atoms with Gasteiger partial charge in [-0.1, -0.05) is 5.21 Å². The Balaban J connectivity index is 1.49. The van der Waals surface area contributed by atoms with Gasteiger partial charge in [0.25, 0.3) is 0 Å². The SMILES string of the molecule is CN(CCC(F)F)C(=O)OCc1c(-c2ccc(O[C@H]3CCC[C@](C)(C(=O)O)C3)c(C3CC3)n2)nnn1C. The van der Waals surface area contributed by atoms with E-state index in [0.29, 0.717) is 35.7 Å². The van der Waals surface area contributed by atoms with Crippen LogP contribution in [0.25, 0.3) is 11.4 Å². The molecule has 2 atom stereocenters. The van der Waals surface area contributed by atoms with Gasteiger partial charge in [-0.3, -0.25) is 4.79 Å². The molecule has 10 nitrogen and oxygen atoms in total. The Kier molecular flexibility index (Phi) is 7.93. The van der Waals surface area contributed by atoms with Crippen LogP contribution in [-0.4, -0.2) is 68.2 Å². The van der Waals surface area contributed by atoms with Gasteiger partial charge < -0.3 is 19.5 Å². The molecule has 0 unspecified atom stereocenters. The maximum Gasteiger partial charge on any atom is 0.409 e. The summed E-state index contributed by atoms with van der Waals surface area (Å²) < 4.78 is 38.0. The maximum atomic E-state index is 12.4. The fourth-order valence-electron chi connectivity index (χ4n) is 4.60. The van der Waals surface area contributed by atoms with Crippen molar-refractivity contribution in [2.24, 2.45) is 12.5 Å². The zero-order valence-corrected chi connectivity index (χ0v) is 21.3. The van der Waals surface area contributed by atoms with Crippen LogP contribution in [0.5, 0.6) is 5.75 Å². The molecular weight excluding hydrogens is 488 g/mol. The minimum Gasteiger partial charge on any atom is -0.488 e. The van der Waals surface area contributed by atoms with E-state index < -0.39 is 30.3 Å². The lowest BCUT2D eigenvalue weighted by molar-refractivity contribution is -0.151. The molecule has 0 aliphatic heterocycles. The summed E-state index contributed by atoms with van der Waals surface area (Å²) in [6.07, 6.45) is 0.788. The Morgan fingerprint density at radius 3 is 2.73 bits per heavy atom. The molecule has 0 bridgehead atoms. The lowest BCUT2D eigenvalue weighted by Crippen LogP contribution is -2.38. The Morgan fingerprint density at radius 1 is 1.30 bits per heavy atom. The molecule has 2 saturated carbocycles. The van der Waals surface area contributed by atoms with Crippen molar-refractivity contribution in [3.8, 4) is 17.1 Å². The smallest absolute Gasteiger partial charge is 0.409 e. The molecule has 0 saturated heterocycles. The van der Waals surface area contributed by atoms with Crippen molar-refractivity contribution >= 4 is 12.1 Å². The summed E-state index contributed by atoms with van der Waals surface area (Å²) in [5, 5.41) is 17.9. The number of aromatic nitrogens is 4. The van der Waals surface area contributed by atoms with Gasteiger partial charge >= 0.3 is 12.1 Å². The van der Waals surface area contributed by atoms with Crippen molar-refractivity contribution in [3.05, 3.63) is 23.5 Å². The second-order valence-electron chi connectivity index (χ2n) is 10.2. The number of rotatable bonds is 10. The van der Waals surface area contributed by atoms with Gasteiger partial charge in [-0.25, -0.2) is 23.2 Å². The number of hydrogen-bond acceptors (Lipinski definition) is 7. The van der Waals surface area contributed by atoms with E-state index >= 15 is 0 Å². The first-order valence-corrected chi connectivity index (χ1v) is 12.5. The van der Waals surface area contributed by atoms with Crippen LogP contribution in [0.2, 0.25) is 0 Å². The summed E-state index contributed by atoms with van der Waals surface area (Å²) in [5.74, 6) is 0.113. The van der Waals surface area contributed by atoms with Crippen LogP contribution in [0.4, 0.5) is 13.6 Å². The van der Waals surface area contributed by atoms with Gasteiger partial charge in [-0.2, -0.15) is 0 Å². The number of ether oxygens (including phenoxy) is 2. The molecule has 37 heavy (non-hydrogen) atoms. The number of halogens is 2. The highest BCUT2D eigenvalue weighted by Gasteiger charge is 2.40.